The van der Waals surface area contributed by atoms with E-state index in [9.17, 15) is 4.79 Å². The van der Waals surface area contributed by atoms with Crippen LogP contribution in [0.1, 0.15) is 16.1 Å². The largest absolute Gasteiger partial charge is 0.476 e. The Labute approximate surface area is 107 Å². The normalized spacial score (nSPS) is 10.8. The number of carboxylic acids is 1. The van der Waals surface area contributed by atoms with Crippen LogP contribution in [0.2, 0.25) is 10.0 Å². The lowest BCUT2D eigenvalue weighted by molar-refractivity contribution is 0.0692. The van der Waals surface area contributed by atoms with Crippen molar-refractivity contribution >= 4 is 45.8 Å². The smallest absolute Gasteiger partial charge is 0.356 e. The summed E-state index contributed by atoms with van der Waals surface area (Å²) in [6.45, 7) is 1.70. The number of rotatable bonds is 1. The van der Waals surface area contributed by atoms with Gasteiger partial charge in [0.15, 0.2) is 5.69 Å². The van der Waals surface area contributed by atoms with Gasteiger partial charge in [0.2, 0.25) is 0 Å². The van der Waals surface area contributed by atoms with Gasteiger partial charge in [-0.3, -0.25) is 0 Å². The predicted molar refractivity (Wildman–Crippen MR) is 67.9 cm³/mol. The van der Waals surface area contributed by atoms with E-state index >= 15 is 0 Å². The fourth-order valence-corrected chi connectivity index (χ4v) is 2.30. The number of pyridine rings is 1. The van der Waals surface area contributed by atoms with Gasteiger partial charge in [0.05, 0.1) is 16.2 Å². The topological polar surface area (TPSA) is 76.2 Å². The van der Waals surface area contributed by atoms with Crippen molar-refractivity contribution in [3.8, 4) is 0 Å². The Hall–Kier alpha value is -1.52. The molecular weight excluding hydrogens is 263 g/mol. The van der Waals surface area contributed by atoms with E-state index in [1.54, 1.807) is 19.1 Å². The molecule has 4 nitrogen and oxygen atoms in total. The summed E-state index contributed by atoms with van der Waals surface area (Å²) in [5.74, 6) is -1.18. The summed E-state index contributed by atoms with van der Waals surface area (Å²) in [5.41, 5.74) is 6.67. The van der Waals surface area contributed by atoms with Gasteiger partial charge in [-0.05, 0) is 24.6 Å². The summed E-state index contributed by atoms with van der Waals surface area (Å²) in [7, 11) is 0. The third-order valence-electron chi connectivity index (χ3n) is 2.50. The van der Waals surface area contributed by atoms with Crippen LogP contribution in [-0.4, -0.2) is 16.1 Å². The van der Waals surface area contributed by atoms with Gasteiger partial charge in [-0.15, -0.1) is 0 Å². The van der Waals surface area contributed by atoms with Crippen molar-refractivity contribution in [3.63, 3.8) is 0 Å². The molecule has 88 valence electrons. The lowest BCUT2D eigenvalue weighted by Gasteiger charge is -2.10. The molecule has 0 aliphatic rings. The van der Waals surface area contributed by atoms with Crippen molar-refractivity contribution in [2.45, 2.75) is 6.92 Å². The highest BCUT2D eigenvalue weighted by Crippen LogP contribution is 2.33. The van der Waals surface area contributed by atoms with Gasteiger partial charge in [-0.25, -0.2) is 9.78 Å². The van der Waals surface area contributed by atoms with Crippen molar-refractivity contribution < 1.29 is 9.90 Å². The molecule has 0 unspecified atom stereocenters. The predicted octanol–water partition coefficient (Wildman–Crippen LogP) is 3.13. The Morgan fingerprint density at radius 3 is 2.65 bits per heavy atom. The maximum absolute atomic E-state index is 11.0. The van der Waals surface area contributed by atoms with Crippen LogP contribution in [0.3, 0.4) is 0 Å². The van der Waals surface area contributed by atoms with Crippen LogP contribution < -0.4 is 5.73 Å². The Morgan fingerprint density at radius 2 is 2.06 bits per heavy atom. The van der Waals surface area contributed by atoms with Gasteiger partial charge >= 0.3 is 5.97 Å². The summed E-state index contributed by atoms with van der Waals surface area (Å²) in [6.07, 6.45) is 0. The van der Waals surface area contributed by atoms with E-state index in [-0.39, 0.29) is 11.4 Å². The Bertz CT molecular complexity index is 641. The number of aromatic nitrogens is 1. The minimum absolute atomic E-state index is 0.120. The van der Waals surface area contributed by atoms with Crippen LogP contribution in [0.4, 0.5) is 5.69 Å². The SMILES string of the molecule is Cc1c(N)c(C(=O)O)nc2cc(Cl)cc(Cl)c12. The van der Waals surface area contributed by atoms with Crippen molar-refractivity contribution in [3.05, 3.63) is 33.4 Å². The molecule has 2 rings (SSSR count). The van der Waals surface area contributed by atoms with Gasteiger partial charge < -0.3 is 10.8 Å². The van der Waals surface area contributed by atoms with E-state index in [4.69, 9.17) is 34.0 Å². The van der Waals surface area contributed by atoms with E-state index < -0.39 is 5.97 Å². The summed E-state index contributed by atoms with van der Waals surface area (Å²) < 4.78 is 0. The molecule has 17 heavy (non-hydrogen) atoms. The molecule has 1 aromatic carbocycles. The Balaban J connectivity index is 2.96. The van der Waals surface area contributed by atoms with Crippen molar-refractivity contribution in [1.82, 2.24) is 4.98 Å². The van der Waals surface area contributed by atoms with Crippen LogP contribution in [0.15, 0.2) is 12.1 Å². The van der Waals surface area contributed by atoms with Crippen molar-refractivity contribution in [1.29, 1.82) is 0 Å². The highest BCUT2D eigenvalue weighted by atomic mass is 35.5. The number of aryl methyl sites for hydroxylation is 1. The van der Waals surface area contributed by atoms with Crippen LogP contribution in [-0.2, 0) is 0 Å². The molecule has 1 heterocycles. The third kappa shape index (κ3) is 1.90. The minimum Gasteiger partial charge on any atom is -0.476 e. The number of carboxylic acid groups (broad SMARTS) is 1. The first-order valence-corrected chi connectivity index (χ1v) is 5.45. The molecule has 0 fully saturated rings. The molecule has 0 saturated heterocycles. The van der Waals surface area contributed by atoms with Crippen LogP contribution in [0, 0.1) is 6.92 Å². The zero-order valence-electron chi connectivity index (χ0n) is 8.79. The first-order chi connectivity index (χ1) is 7.91. The Morgan fingerprint density at radius 1 is 1.41 bits per heavy atom. The number of aromatic carboxylic acids is 1. The number of hydrogen-bond donors (Lipinski definition) is 2. The lowest BCUT2D eigenvalue weighted by atomic mass is 10.1. The summed E-state index contributed by atoms with van der Waals surface area (Å²) in [5, 5.41) is 10.4. The van der Waals surface area contributed by atoms with E-state index in [0.717, 1.165) is 0 Å². The third-order valence-corrected chi connectivity index (χ3v) is 3.02. The van der Waals surface area contributed by atoms with Crippen LogP contribution in [0.25, 0.3) is 10.9 Å². The fraction of sp³-hybridized carbons (Fsp3) is 0.0909. The molecule has 0 amide bonds. The number of nitrogens with two attached hydrogens (primary N) is 1. The molecule has 6 heteroatoms. The average Bonchev–Trinajstić information content (AvgIpc) is 2.21. The number of nitrogen functional groups attached to an aromatic ring is 1. The second-order valence-electron chi connectivity index (χ2n) is 3.59. The highest BCUT2D eigenvalue weighted by Gasteiger charge is 2.17. The minimum atomic E-state index is -1.18. The Kier molecular flexibility index (Phi) is 2.85. The van der Waals surface area contributed by atoms with Crippen LogP contribution in [0.5, 0.6) is 0 Å². The monoisotopic (exact) mass is 270 g/mol. The van der Waals surface area contributed by atoms with Gasteiger partial charge in [-0.2, -0.15) is 0 Å². The van der Waals surface area contributed by atoms with E-state index in [0.29, 0.717) is 26.5 Å². The van der Waals surface area contributed by atoms with Crippen molar-refractivity contribution in [2.75, 3.05) is 5.73 Å². The second kappa shape index (κ2) is 4.05. The number of halogens is 2. The van der Waals surface area contributed by atoms with Gasteiger partial charge in [-0.1, -0.05) is 23.2 Å². The quantitative estimate of drug-likeness (QED) is 0.835. The molecule has 0 radical (unpaired) electrons. The molecule has 0 aliphatic heterocycles. The number of nitrogens with zero attached hydrogens (tertiary/aromatic N) is 1. The summed E-state index contributed by atoms with van der Waals surface area (Å²) in [6, 6.07) is 3.13. The highest BCUT2D eigenvalue weighted by molar-refractivity contribution is 6.39. The number of anilines is 1. The van der Waals surface area contributed by atoms with Gasteiger partial charge in [0.25, 0.3) is 0 Å². The van der Waals surface area contributed by atoms with Crippen molar-refractivity contribution in [2.24, 2.45) is 0 Å². The zero-order chi connectivity index (χ0) is 12.7. The van der Waals surface area contributed by atoms with Crippen LogP contribution >= 0.6 is 23.2 Å². The molecule has 2 aromatic rings. The van der Waals surface area contributed by atoms with Gasteiger partial charge in [0.1, 0.15) is 0 Å². The number of fused-ring (bicyclic) bond motifs is 1. The number of hydrogen-bond acceptors (Lipinski definition) is 3. The van der Waals surface area contributed by atoms with E-state index in [1.165, 1.54) is 0 Å². The first-order valence-electron chi connectivity index (χ1n) is 4.70. The standard InChI is InChI=1S/C11H8Cl2N2O2/c1-4-8-6(13)2-5(12)3-7(8)15-10(9(4)14)11(16)17/h2-3H,14H2,1H3,(H,16,17). The molecule has 0 spiro atoms. The molecular formula is C11H8Cl2N2O2. The molecule has 0 saturated carbocycles. The van der Waals surface area contributed by atoms with E-state index in [2.05, 4.69) is 4.98 Å². The average molecular weight is 271 g/mol. The first kappa shape index (κ1) is 12.0. The molecule has 3 N–H and O–H groups in total. The molecule has 0 aliphatic carbocycles. The molecule has 0 bridgehead atoms. The van der Waals surface area contributed by atoms with E-state index in [1.807, 2.05) is 0 Å². The zero-order valence-corrected chi connectivity index (χ0v) is 10.3. The maximum Gasteiger partial charge on any atom is 0.356 e. The number of benzene rings is 1. The lowest BCUT2D eigenvalue weighted by Crippen LogP contribution is -2.08. The van der Waals surface area contributed by atoms with Gasteiger partial charge in [0, 0.05) is 10.4 Å². The number of carbonyl (C=O) groups is 1. The maximum atomic E-state index is 11.0. The summed E-state index contributed by atoms with van der Waals surface area (Å²) >= 11 is 11.9. The summed E-state index contributed by atoms with van der Waals surface area (Å²) in [4.78, 5) is 14.9. The molecule has 1 aromatic heterocycles. The second-order valence-corrected chi connectivity index (χ2v) is 4.43. The fourth-order valence-electron chi connectivity index (χ4n) is 1.68. The molecule has 0 atom stereocenters.